The van der Waals surface area contributed by atoms with Gasteiger partial charge in [0.25, 0.3) is 5.89 Å². The summed E-state index contributed by atoms with van der Waals surface area (Å²) in [6.45, 7) is 2.12. The van der Waals surface area contributed by atoms with Gasteiger partial charge in [-0.3, -0.25) is 0 Å². The van der Waals surface area contributed by atoms with Crippen molar-refractivity contribution in [2.24, 2.45) is 0 Å². The van der Waals surface area contributed by atoms with Crippen LogP contribution in [-0.2, 0) is 6.42 Å². The van der Waals surface area contributed by atoms with Gasteiger partial charge in [0.2, 0.25) is 5.82 Å². The van der Waals surface area contributed by atoms with Crippen LogP contribution in [0, 0.1) is 0 Å². The Balaban J connectivity index is 1.68. The van der Waals surface area contributed by atoms with Gasteiger partial charge in [0, 0.05) is 16.5 Å². The maximum atomic E-state index is 5.37. The third kappa shape index (κ3) is 2.83. The number of aromatic nitrogens is 3. The van der Waals surface area contributed by atoms with E-state index in [4.69, 9.17) is 4.52 Å². The summed E-state index contributed by atoms with van der Waals surface area (Å²) in [6, 6.07) is 12.0. The second-order valence-corrected chi connectivity index (χ2v) is 6.85. The second-order valence-electron chi connectivity index (χ2n) is 4.96. The van der Waals surface area contributed by atoms with Crippen LogP contribution in [0.2, 0.25) is 0 Å². The molecule has 6 heteroatoms. The van der Waals surface area contributed by atoms with E-state index in [1.54, 1.807) is 22.7 Å². The topological polar surface area (TPSA) is 51.8 Å². The first-order valence-corrected chi connectivity index (χ1v) is 9.02. The molecule has 23 heavy (non-hydrogen) atoms. The fraction of sp³-hybridized carbons (Fsp3) is 0.118. The molecule has 0 aliphatic carbocycles. The van der Waals surface area contributed by atoms with Crippen LogP contribution in [0.3, 0.4) is 0 Å². The molecule has 114 valence electrons. The van der Waals surface area contributed by atoms with Crippen molar-refractivity contribution in [1.82, 2.24) is 15.1 Å². The molecule has 4 nitrogen and oxygen atoms in total. The van der Waals surface area contributed by atoms with Crippen LogP contribution in [0.5, 0.6) is 0 Å². The molecule has 0 unspecified atom stereocenters. The first-order valence-electron chi connectivity index (χ1n) is 7.26. The molecule has 0 atom stereocenters. The zero-order valence-electron chi connectivity index (χ0n) is 12.4. The highest BCUT2D eigenvalue weighted by Crippen LogP contribution is 2.29. The maximum Gasteiger partial charge on any atom is 0.268 e. The summed E-state index contributed by atoms with van der Waals surface area (Å²) < 4.78 is 5.37. The Kier molecular flexibility index (Phi) is 3.77. The molecule has 0 amide bonds. The van der Waals surface area contributed by atoms with E-state index in [1.165, 1.54) is 0 Å². The largest absolute Gasteiger partial charge is 0.333 e. The van der Waals surface area contributed by atoms with Crippen LogP contribution >= 0.6 is 22.7 Å². The number of rotatable bonds is 4. The zero-order valence-corrected chi connectivity index (χ0v) is 14.0. The number of aryl methyl sites for hydroxylation is 1. The minimum atomic E-state index is 0.558. The smallest absolute Gasteiger partial charge is 0.268 e. The lowest BCUT2D eigenvalue weighted by atomic mass is 10.1. The van der Waals surface area contributed by atoms with Gasteiger partial charge >= 0.3 is 0 Å². The van der Waals surface area contributed by atoms with Crippen molar-refractivity contribution in [1.29, 1.82) is 0 Å². The van der Waals surface area contributed by atoms with E-state index in [1.807, 2.05) is 29.6 Å². The van der Waals surface area contributed by atoms with Crippen LogP contribution in [0.1, 0.15) is 11.9 Å². The summed E-state index contributed by atoms with van der Waals surface area (Å²) in [7, 11) is 0. The highest BCUT2D eigenvalue weighted by Gasteiger charge is 2.12. The van der Waals surface area contributed by atoms with Gasteiger partial charge in [-0.1, -0.05) is 36.3 Å². The average molecular weight is 339 g/mol. The average Bonchev–Trinajstić information content (AvgIpc) is 3.35. The first kappa shape index (κ1) is 14.3. The Morgan fingerprint density at radius 1 is 1.04 bits per heavy atom. The summed E-state index contributed by atoms with van der Waals surface area (Å²) in [5, 5.41) is 9.33. The highest BCUT2D eigenvalue weighted by molar-refractivity contribution is 7.13. The molecule has 1 aromatic carbocycles. The van der Waals surface area contributed by atoms with Crippen molar-refractivity contribution in [2.75, 3.05) is 0 Å². The van der Waals surface area contributed by atoms with Gasteiger partial charge in [0.05, 0.1) is 15.6 Å². The second kappa shape index (κ2) is 6.06. The molecule has 3 aromatic heterocycles. The quantitative estimate of drug-likeness (QED) is 0.516. The zero-order chi connectivity index (χ0) is 15.6. The van der Waals surface area contributed by atoms with Crippen molar-refractivity contribution >= 4 is 22.7 Å². The number of nitrogens with zero attached hydrogens (tertiary/aromatic N) is 3. The Morgan fingerprint density at radius 3 is 2.74 bits per heavy atom. The molecule has 0 N–H and O–H groups in total. The van der Waals surface area contributed by atoms with Crippen molar-refractivity contribution in [2.45, 2.75) is 13.3 Å². The molecule has 0 radical (unpaired) electrons. The van der Waals surface area contributed by atoms with Crippen LogP contribution in [0.25, 0.3) is 33.4 Å². The maximum absolute atomic E-state index is 5.37. The minimum absolute atomic E-state index is 0.558. The Morgan fingerprint density at radius 2 is 1.96 bits per heavy atom. The SMILES string of the molecule is CCc1nc(-c2cccc(-c3noc(-c4cccs4)n3)c2)cs1. The van der Waals surface area contributed by atoms with Gasteiger partial charge in [-0.25, -0.2) is 4.98 Å². The molecular weight excluding hydrogens is 326 g/mol. The van der Waals surface area contributed by atoms with Gasteiger partial charge in [0.1, 0.15) is 0 Å². The minimum Gasteiger partial charge on any atom is -0.333 e. The lowest BCUT2D eigenvalue weighted by molar-refractivity contribution is 0.433. The first-order chi connectivity index (χ1) is 11.3. The van der Waals surface area contributed by atoms with Crippen LogP contribution < -0.4 is 0 Å². The molecule has 0 aliphatic rings. The Labute approximate surface area is 141 Å². The van der Waals surface area contributed by atoms with Crippen molar-refractivity contribution in [3.63, 3.8) is 0 Å². The monoisotopic (exact) mass is 339 g/mol. The van der Waals surface area contributed by atoms with Crippen LogP contribution in [0.15, 0.2) is 51.7 Å². The molecular formula is C17H13N3OS2. The fourth-order valence-corrected chi connectivity index (χ4v) is 3.66. The Bertz CT molecular complexity index is 925. The number of thiophene rings is 1. The van der Waals surface area contributed by atoms with E-state index in [9.17, 15) is 0 Å². The third-order valence-corrected chi connectivity index (χ3v) is 5.28. The molecule has 0 bridgehead atoms. The number of hydrogen-bond donors (Lipinski definition) is 0. The highest BCUT2D eigenvalue weighted by atomic mass is 32.1. The van der Waals surface area contributed by atoms with Crippen molar-refractivity contribution < 1.29 is 4.52 Å². The van der Waals surface area contributed by atoms with E-state index >= 15 is 0 Å². The van der Waals surface area contributed by atoms with Gasteiger partial charge in [-0.2, -0.15) is 4.98 Å². The molecule has 0 saturated heterocycles. The standard InChI is InChI=1S/C17H13N3OS2/c1-2-15-18-13(10-23-15)11-5-3-6-12(9-11)16-19-17(21-20-16)14-7-4-8-22-14/h3-10H,2H2,1H3. The molecule has 0 saturated carbocycles. The van der Waals surface area contributed by atoms with Crippen molar-refractivity contribution in [3.8, 4) is 33.4 Å². The van der Waals surface area contributed by atoms with E-state index in [0.717, 1.165) is 33.1 Å². The molecule has 3 heterocycles. The molecule has 4 aromatic rings. The summed E-state index contributed by atoms with van der Waals surface area (Å²) >= 11 is 3.27. The summed E-state index contributed by atoms with van der Waals surface area (Å²) in [4.78, 5) is 10.1. The molecule has 0 aliphatic heterocycles. The van der Waals surface area contributed by atoms with Crippen LogP contribution in [0.4, 0.5) is 0 Å². The van der Waals surface area contributed by atoms with Gasteiger partial charge in [0.15, 0.2) is 0 Å². The predicted molar refractivity (Wildman–Crippen MR) is 93.5 cm³/mol. The van der Waals surface area contributed by atoms with Gasteiger partial charge < -0.3 is 4.52 Å². The number of hydrogen-bond acceptors (Lipinski definition) is 6. The fourth-order valence-electron chi connectivity index (χ4n) is 2.26. The van der Waals surface area contributed by atoms with E-state index in [2.05, 4.69) is 39.6 Å². The number of thiazole rings is 1. The third-order valence-electron chi connectivity index (χ3n) is 3.43. The van der Waals surface area contributed by atoms with Crippen LogP contribution in [-0.4, -0.2) is 15.1 Å². The lowest BCUT2D eigenvalue weighted by Gasteiger charge is -1.99. The van der Waals surface area contributed by atoms with Crippen molar-refractivity contribution in [3.05, 3.63) is 52.2 Å². The summed E-state index contributed by atoms with van der Waals surface area (Å²) in [6.07, 6.45) is 0.958. The van der Waals surface area contributed by atoms with E-state index in [-0.39, 0.29) is 0 Å². The normalized spacial score (nSPS) is 11.0. The summed E-state index contributed by atoms with van der Waals surface area (Å²) in [5.41, 5.74) is 3.00. The number of benzene rings is 1. The molecule has 0 fully saturated rings. The Hall–Kier alpha value is -2.31. The lowest BCUT2D eigenvalue weighted by Crippen LogP contribution is -1.84. The van der Waals surface area contributed by atoms with E-state index in [0.29, 0.717) is 11.7 Å². The summed E-state index contributed by atoms with van der Waals surface area (Å²) in [5.74, 6) is 1.16. The van der Waals surface area contributed by atoms with E-state index < -0.39 is 0 Å². The molecule has 4 rings (SSSR count). The predicted octanol–water partition coefficient (Wildman–Crippen LogP) is 5.15. The molecule has 0 spiro atoms. The van der Waals surface area contributed by atoms with Gasteiger partial charge in [-0.05, 0) is 23.9 Å². The van der Waals surface area contributed by atoms with Gasteiger partial charge in [-0.15, -0.1) is 22.7 Å².